The average Bonchev–Trinajstić information content (AvgIpc) is 3.40. The van der Waals surface area contributed by atoms with E-state index >= 15 is 0 Å². The molecule has 1 amide bonds. The summed E-state index contributed by atoms with van der Waals surface area (Å²) in [7, 11) is 5.08. The number of hydrogen-bond donors (Lipinski definition) is 1. The van der Waals surface area contributed by atoms with Crippen LogP contribution in [0, 0.1) is 0 Å². The lowest BCUT2D eigenvalue weighted by Gasteiger charge is -2.11. The van der Waals surface area contributed by atoms with E-state index in [1.807, 2.05) is 19.2 Å². The number of benzene rings is 2. The van der Waals surface area contributed by atoms with Crippen molar-refractivity contribution in [1.82, 2.24) is 19.0 Å². The smallest absolute Gasteiger partial charge is 0.330 e. The van der Waals surface area contributed by atoms with Crippen LogP contribution in [0.15, 0.2) is 63.2 Å². The molecule has 1 unspecified atom stereocenters. The molecule has 0 aliphatic carbocycles. The maximum atomic E-state index is 12.8. The number of para-hydroxylation sites is 1. The summed E-state index contributed by atoms with van der Waals surface area (Å²) in [5.74, 6) is 0.504. The number of nitrogens with one attached hydrogen (secondary N) is 1. The van der Waals surface area contributed by atoms with Crippen molar-refractivity contribution < 1.29 is 4.79 Å². The maximum Gasteiger partial charge on any atom is 0.330 e. The fourth-order valence-corrected chi connectivity index (χ4v) is 5.38. The summed E-state index contributed by atoms with van der Waals surface area (Å²) < 4.78 is 4.58. The first-order valence-corrected chi connectivity index (χ1v) is 11.6. The minimum atomic E-state index is -0.403. The van der Waals surface area contributed by atoms with Gasteiger partial charge in [0.05, 0.1) is 23.4 Å². The minimum Gasteiger partial charge on any atom is -0.350 e. The molecule has 0 spiro atoms. The standard InChI is InChI=1S/C24H23N5O3S/c1-27-12-16(15-8-4-5-9-18(15)27)17-13-33-23(25-17)26-20(30)11-14-7-6-10-19-21(14)22(31)29(3)24(32)28(19)2/h4-10,12,17H,11,13H2,1-3H3,(H,25,26,30). The van der Waals surface area contributed by atoms with Crippen LogP contribution in [0.4, 0.5) is 0 Å². The molecule has 0 saturated carbocycles. The number of amides is 1. The van der Waals surface area contributed by atoms with E-state index in [1.165, 1.54) is 28.8 Å². The Kier molecular flexibility index (Phi) is 5.20. The van der Waals surface area contributed by atoms with Crippen molar-refractivity contribution in [2.75, 3.05) is 5.75 Å². The molecule has 5 rings (SSSR count). The van der Waals surface area contributed by atoms with Crippen molar-refractivity contribution in [2.45, 2.75) is 12.5 Å². The van der Waals surface area contributed by atoms with Crippen LogP contribution < -0.4 is 16.6 Å². The number of carbonyl (C=O) groups excluding carboxylic acids is 1. The third-order valence-corrected chi connectivity index (χ3v) is 7.08. The summed E-state index contributed by atoms with van der Waals surface area (Å²) in [5.41, 5.74) is 2.58. The van der Waals surface area contributed by atoms with Gasteiger partial charge in [-0.3, -0.25) is 23.7 Å². The molecule has 2 aromatic heterocycles. The molecule has 1 aliphatic heterocycles. The van der Waals surface area contributed by atoms with Gasteiger partial charge in [0.2, 0.25) is 5.91 Å². The first-order chi connectivity index (χ1) is 15.8. The molecular weight excluding hydrogens is 438 g/mol. The number of aromatic nitrogens is 3. The summed E-state index contributed by atoms with van der Waals surface area (Å²) in [5, 5.41) is 5.03. The second kappa shape index (κ2) is 8.08. The van der Waals surface area contributed by atoms with Crippen LogP contribution in [0.5, 0.6) is 0 Å². The van der Waals surface area contributed by atoms with Crippen molar-refractivity contribution in [1.29, 1.82) is 0 Å². The molecule has 0 bridgehead atoms. The van der Waals surface area contributed by atoms with Crippen LogP contribution in [-0.2, 0) is 32.4 Å². The van der Waals surface area contributed by atoms with E-state index < -0.39 is 11.2 Å². The highest BCUT2D eigenvalue weighted by Crippen LogP contribution is 2.34. The predicted molar refractivity (Wildman–Crippen MR) is 132 cm³/mol. The van der Waals surface area contributed by atoms with Crippen LogP contribution in [-0.4, -0.2) is 30.5 Å². The number of aliphatic imine (C=N–C) groups is 1. The van der Waals surface area contributed by atoms with E-state index in [9.17, 15) is 14.4 Å². The van der Waals surface area contributed by atoms with Crippen molar-refractivity contribution in [2.24, 2.45) is 26.1 Å². The summed E-state index contributed by atoms with van der Waals surface area (Å²) in [6.45, 7) is 0. The Labute approximate surface area is 193 Å². The molecule has 1 N–H and O–H groups in total. The number of hydrogen-bond acceptors (Lipinski definition) is 5. The fourth-order valence-electron chi connectivity index (χ4n) is 4.42. The first kappa shape index (κ1) is 21.3. The second-order valence-electron chi connectivity index (χ2n) is 8.22. The molecule has 168 valence electrons. The first-order valence-electron chi connectivity index (χ1n) is 10.6. The van der Waals surface area contributed by atoms with Gasteiger partial charge in [0.1, 0.15) is 0 Å². The molecule has 8 nitrogen and oxygen atoms in total. The van der Waals surface area contributed by atoms with Gasteiger partial charge in [-0.25, -0.2) is 4.79 Å². The van der Waals surface area contributed by atoms with Gasteiger partial charge in [0.25, 0.3) is 5.56 Å². The highest BCUT2D eigenvalue weighted by atomic mass is 32.2. The Morgan fingerprint density at radius 2 is 1.82 bits per heavy atom. The third kappa shape index (κ3) is 3.58. The van der Waals surface area contributed by atoms with Crippen LogP contribution in [0.3, 0.4) is 0 Å². The van der Waals surface area contributed by atoms with E-state index in [1.54, 1.807) is 25.2 Å². The normalized spacial score (nSPS) is 15.8. The molecule has 4 aromatic rings. The molecule has 1 atom stereocenters. The van der Waals surface area contributed by atoms with E-state index in [-0.39, 0.29) is 18.4 Å². The van der Waals surface area contributed by atoms with Crippen LogP contribution in [0.2, 0.25) is 0 Å². The Morgan fingerprint density at radius 3 is 2.64 bits per heavy atom. The Balaban J connectivity index is 1.40. The van der Waals surface area contributed by atoms with Crippen LogP contribution >= 0.6 is 11.8 Å². The SMILES string of the molecule is Cn1c(=O)c2c(CC(=O)NC3=NC(c4cn(C)c5ccccc45)CS3)cccc2n(C)c1=O. The van der Waals surface area contributed by atoms with Gasteiger partial charge in [-0.15, -0.1) is 0 Å². The molecule has 0 fully saturated rings. The predicted octanol–water partition coefficient (Wildman–Crippen LogP) is 2.23. The van der Waals surface area contributed by atoms with Crippen LogP contribution in [0.25, 0.3) is 21.8 Å². The number of rotatable bonds is 3. The topological polar surface area (TPSA) is 90.4 Å². The molecular formula is C24H23N5O3S. The number of carbonyl (C=O) groups is 1. The lowest BCUT2D eigenvalue weighted by molar-refractivity contribution is -0.118. The van der Waals surface area contributed by atoms with Gasteiger partial charge in [-0.05, 0) is 17.7 Å². The quantitative estimate of drug-likeness (QED) is 0.507. The largest absolute Gasteiger partial charge is 0.350 e. The third-order valence-electron chi connectivity index (χ3n) is 6.12. The van der Waals surface area contributed by atoms with Crippen molar-refractivity contribution in [3.8, 4) is 0 Å². The van der Waals surface area contributed by atoms with E-state index in [0.29, 0.717) is 21.6 Å². The van der Waals surface area contributed by atoms with Gasteiger partial charge in [-0.1, -0.05) is 42.1 Å². The van der Waals surface area contributed by atoms with E-state index in [0.717, 1.165) is 21.4 Å². The lowest BCUT2D eigenvalue weighted by Crippen LogP contribution is -2.37. The minimum absolute atomic E-state index is 0.0172. The zero-order valence-electron chi connectivity index (χ0n) is 18.5. The highest BCUT2D eigenvalue weighted by Gasteiger charge is 2.24. The Hall–Kier alpha value is -3.59. The van der Waals surface area contributed by atoms with Crippen molar-refractivity contribution >= 4 is 44.6 Å². The molecule has 2 aromatic carbocycles. The van der Waals surface area contributed by atoms with Gasteiger partial charge in [0.15, 0.2) is 5.17 Å². The molecule has 0 radical (unpaired) electrons. The monoisotopic (exact) mass is 461 g/mol. The molecule has 0 saturated heterocycles. The van der Waals surface area contributed by atoms with Gasteiger partial charge in [0, 0.05) is 49.6 Å². The fraction of sp³-hybridized carbons (Fsp3) is 0.250. The number of fused-ring (bicyclic) bond motifs is 2. The summed E-state index contributed by atoms with van der Waals surface area (Å²) in [4.78, 5) is 42.5. The molecule has 9 heteroatoms. The molecule has 1 aliphatic rings. The van der Waals surface area contributed by atoms with Gasteiger partial charge < -0.3 is 9.88 Å². The number of thioether (sulfide) groups is 1. The zero-order chi connectivity index (χ0) is 23.3. The van der Waals surface area contributed by atoms with Gasteiger partial charge >= 0.3 is 5.69 Å². The summed E-state index contributed by atoms with van der Waals surface area (Å²) in [6, 6.07) is 13.4. The summed E-state index contributed by atoms with van der Waals surface area (Å²) in [6.07, 6.45) is 2.11. The van der Waals surface area contributed by atoms with Gasteiger partial charge in [-0.2, -0.15) is 0 Å². The zero-order valence-corrected chi connectivity index (χ0v) is 19.3. The number of amidine groups is 1. The van der Waals surface area contributed by atoms with Crippen LogP contribution in [0.1, 0.15) is 17.2 Å². The summed E-state index contributed by atoms with van der Waals surface area (Å²) >= 11 is 1.51. The van der Waals surface area contributed by atoms with E-state index in [4.69, 9.17) is 4.99 Å². The second-order valence-corrected chi connectivity index (χ2v) is 9.22. The highest BCUT2D eigenvalue weighted by molar-refractivity contribution is 8.14. The number of aryl methyl sites for hydroxylation is 2. The molecule has 33 heavy (non-hydrogen) atoms. The van der Waals surface area contributed by atoms with Crippen molar-refractivity contribution in [3.05, 3.63) is 80.6 Å². The average molecular weight is 462 g/mol. The maximum absolute atomic E-state index is 12.8. The molecule has 3 heterocycles. The Morgan fingerprint density at radius 1 is 1.06 bits per heavy atom. The van der Waals surface area contributed by atoms with Crippen molar-refractivity contribution in [3.63, 3.8) is 0 Å². The number of nitrogens with zero attached hydrogens (tertiary/aromatic N) is 4. The Bertz CT molecular complexity index is 1580. The van der Waals surface area contributed by atoms with E-state index in [2.05, 4.69) is 28.2 Å². The lowest BCUT2D eigenvalue weighted by atomic mass is 10.1.